The third-order valence-corrected chi connectivity index (χ3v) is 5.41. The van der Waals surface area contributed by atoms with Gasteiger partial charge in [-0.3, -0.25) is 14.9 Å². The number of ether oxygens (including phenoxy) is 1. The number of nitrogens with zero attached hydrogens (tertiary/aromatic N) is 3. The molecule has 1 N–H and O–H groups in total. The van der Waals surface area contributed by atoms with E-state index < -0.39 is 0 Å². The fourth-order valence-corrected chi connectivity index (χ4v) is 4.03. The van der Waals surface area contributed by atoms with Gasteiger partial charge in [-0.1, -0.05) is 37.3 Å². The maximum absolute atomic E-state index is 10.6. The molecular formula is C23H27N3O2. The minimum absolute atomic E-state index is 0.173. The molecule has 0 radical (unpaired) electrons. The molecule has 0 aliphatic carbocycles. The van der Waals surface area contributed by atoms with Gasteiger partial charge in [0.15, 0.2) is 0 Å². The lowest BCUT2D eigenvalue weighted by Gasteiger charge is -2.20. The van der Waals surface area contributed by atoms with E-state index in [0.29, 0.717) is 13.2 Å². The Morgan fingerprint density at radius 1 is 1.14 bits per heavy atom. The van der Waals surface area contributed by atoms with Crippen molar-refractivity contribution in [2.24, 2.45) is 5.92 Å². The molecule has 0 saturated carbocycles. The number of benzene rings is 2. The zero-order valence-electron chi connectivity index (χ0n) is 16.3. The first-order chi connectivity index (χ1) is 13.7. The molecule has 28 heavy (non-hydrogen) atoms. The molecule has 5 heteroatoms. The summed E-state index contributed by atoms with van der Waals surface area (Å²) in [5, 5.41) is 13.0. The summed E-state index contributed by atoms with van der Waals surface area (Å²) in [6, 6.07) is 12.6. The lowest BCUT2D eigenvalue weighted by atomic mass is 10.0. The number of fused-ring (bicyclic) bond motifs is 1. The predicted molar refractivity (Wildman–Crippen MR) is 110 cm³/mol. The number of rotatable bonds is 7. The van der Waals surface area contributed by atoms with Crippen LogP contribution in [-0.4, -0.2) is 45.8 Å². The molecule has 2 aromatic carbocycles. The standard InChI is InChI=1S/C23H27N3O2/c1-2-11-28-23-8-7-17-5-3-4-6-20(17)21(23)15-26-14-18(22(27)16-26)12-19-13-24-9-10-25-19/h3-10,13,18,22,27H,2,11-12,14-16H2,1H3/t18-,22-/m1/s1. The van der Waals surface area contributed by atoms with Crippen molar-refractivity contribution in [3.05, 3.63) is 66.2 Å². The summed E-state index contributed by atoms with van der Waals surface area (Å²) in [6.07, 6.45) is 6.56. The number of β-amino-alcohol motifs (C(OH)–C–C–N with tert-alkyl or cyclic N) is 1. The minimum Gasteiger partial charge on any atom is -0.493 e. The molecule has 146 valence electrons. The highest BCUT2D eigenvalue weighted by Crippen LogP contribution is 2.31. The average Bonchev–Trinajstić information content (AvgIpc) is 3.07. The Labute approximate surface area is 166 Å². The second-order valence-electron chi connectivity index (χ2n) is 7.53. The minimum atomic E-state index is -0.350. The third kappa shape index (κ3) is 4.16. The maximum atomic E-state index is 10.6. The van der Waals surface area contributed by atoms with Crippen LogP contribution >= 0.6 is 0 Å². The molecule has 3 aromatic rings. The zero-order chi connectivity index (χ0) is 19.3. The number of hydrogen-bond donors (Lipinski definition) is 1. The van der Waals surface area contributed by atoms with Gasteiger partial charge in [0.1, 0.15) is 5.75 Å². The molecule has 2 heterocycles. The summed E-state index contributed by atoms with van der Waals surface area (Å²) in [5.74, 6) is 1.12. The topological polar surface area (TPSA) is 58.5 Å². The second-order valence-corrected chi connectivity index (χ2v) is 7.53. The molecular weight excluding hydrogens is 350 g/mol. The van der Waals surface area contributed by atoms with E-state index in [-0.39, 0.29) is 12.0 Å². The third-order valence-electron chi connectivity index (χ3n) is 5.41. The van der Waals surface area contributed by atoms with Gasteiger partial charge < -0.3 is 9.84 Å². The highest BCUT2D eigenvalue weighted by molar-refractivity contribution is 5.87. The van der Waals surface area contributed by atoms with Crippen molar-refractivity contribution in [3.8, 4) is 5.75 Å². The first-order valence-corrected chi connectivity index (χ1v) is 10.0. The van der Waals surface area contributed by atoms with E-state index in [1.807, 2.05) is 0 Å². The Morgan fingerprint density at radius 2 is 2.04 bits per heavy atom. The Kier molecular flexibility index (Phi) is 5.84. The van der Waals surface area contributed by atoms with Crippen molar-refractivity contribution in [2.45, 2.75) is 32.4 Å². The van der Waals surface area contributed by atoms with Gasteiger partial charge in [0.25, 0.3) is 0 Å². The maximum Gasteiger partial charge on any atom is 0.124 e. The van der Waals surface area contributed by atoms with Crippen LogP contribution in [0, 0.1) is 5.92 Å². The van der Waals surface area contributed by atoms with Gasteiger partial charge in [0.2, 0.25) is 0 Å². The summed E-state index contributed by atoms with van der Waals surface area (Å²) in [7, 11) is 0. The van der Waals surface area contributed by atoms with E-state index in [4.69, 9.17) is 4.74 Å². The van der Waals surface area contributed by atoms with Crippen LogP contribution < -0.4 is 4.74 Å². The molecule has 1 fully saturated rings. The van der Waals surface area contributed by atoms with Crippen molar-refractivity contribution in [1.82, 2.24) is 14.9 Å². The Hall–Kier alpha value is -2.50. The smallest absolute Gasteiger partial charge is 0.124 e. The lowest BCUT2D eigenvalue weighted by Crippen LogP contribution is -2.22. The van der Waals surface area contributed by atoms with Crippen LogP contribution in [0.3, 0.4) is 0 Å². The highest BCUT2D eigenvalue weighted by atomic mass is 16.5. The van der Waals surface area contributed by atoms with Crippen LogP contribution in [0.25, 0.3) is 10.8 Å². The highest BCUT2D eigenvalue weighted by Gasteiger charge is 2.32. The first-order valence-electron chi connectivity index (χ1n) is 10.0. The summed E-state index contributed by atoms with van der Waals surface area (Å²) in [4.78, 5) is 10.8. The Bertz CT molecular complexity index is 916. The fraction of sp³-hybridized carbons (Fsp3) is 0.391. The van der Waals surface area contributed by atoms with Crippen molar-refractivity contribution in [2.75, 3.05) is 19.7 Å². The molecule has 0 spiro atoms. The van der Waals surface area contributed by atoms with E-state index in [2.05, 4.69) is 58.2 Å². The predicted octanol–water partition coefficient (Wildman–Crippen LogP) is 3.45. The molecule has 2 atom stereocenters. The number of aliphatic hydroxyl groups is 1. The van der Waals surface area contributed by atoms with E-state index in [0.717, 1.165) is 37.4 Å². The summed E-state index contributed by atoms with van der Waals surface area (Å²) in [5.41, 5.74) is 2.14. The molecule has 1 aromatic heterocycles. The van der Waals surface area contributed by atoms with Crippen LogP contribution in [-0.2, 0) is 13.0 Å². The van der Waals surface area contributed by atoms with Gasteiger partial charge in [-0.2, -0.15) is 0 Å². The van der Waals surface area contributed by atoms with E-state index in [1.165, 1.54) is 16.3 Å². The van der Waals surface area contributed by atoms with Gasteiger partial charge in [0, 0.05) is 49.7 Å². The van der Waals surface area contributed by atoms with Crippen molar-refractivity contribution in [1.29, 1.82) is 0 Å². The quantitative estimate of drug-likeness (QED) is 0.683. The second kappa shape index (κ2) is 8.67. The number of aromatic nitrogens is 2. The molecule has 1 aliphatic heterocycles. The van der Waals surface area contributed by atoms with Crippen molar-refractivity contribution in [3.63, 3.8) is 0 Å². The van der Waals surface area contributed by atoms with Gasteiger partial charge in [-0.05, 0) is 29.7 Å². The van der Waals surface area contributed by atoms with E-state index in [1.54, 1.807) is 18.6 Å². The molecule has 1 aliphatic rings. The van der Waals surface area contributed by atoms with Crippen LogP contribution in [0.4, 0.5) is 0 Å². The SMILES string of the molecule is CCCOc1ccc2ccccc2c1CN1C[C@@H](Cc2cnccn2)[C@H](O)C1. The Morgan fingerprint density at radius 3 is 2.86 bits per heavy atom. The lowest BCUT2D eigenvalue weighted by molar-refractivity contribution is 0.140. The van der Waals surface area contributed by atoms with Crippen LogP contribution in [0.2, 0.25) is 0 Å². The zero-order valence-corrected chi connectivity index (χ0v) is 16.3. The monoisotopic (exact) mass is 377 g/mol. The number of hydrogen-bond acceptors (Lipinski definition) is 5. The van der Waals surface area contributed by atoms with Gasteiger partial charge in [-0.25, -0.2) is 0 Å². The molecule has 0 amide bonds. The molecule has 1 saturated heterocycles. The van der Waals surface area contributed by atoms with Crippen LogP contribution in [0.5, 0.6) is 5.75 Å². The molecule has 0 bridgehead atoms. The Balaban J connectivity index is 1.54. The van der Waals surface area contributed by atoms with Crippen molar-refractivity contribution >= 4 is 10.8 Å². The molecule has 0 unspecified atom stereocenters. The van der Waals surface area contributed by atoms with Gasteiger partial charge in [0.05, 0.1) is 18.4 Å². The van der Waals surface area contributed by atoms with Gasteiger partial charge >= 0.3 is 0 Å². The molecule has 4 rings (SSSR count). The first kappa shape index (κ1) is 18.8. The average molecular weight is 377 g/mol. The van der Waals surface area contributed by atoms with Crippen LogP contribution in [0.1, 0.15) is 24.6 Å². The largest absolute Gasteiger partial charge is 0.493 e. The van der Waals surface area contributed by atoms with E-state index >= 15 is 0 Å². The summed E-state index contributed by atoms with van der Waals surface area (Å²) in [6.45, 7) is 5.11. The van der Waals surface area contributed by atoms with Crippen molar-refractivity contribution < 1.29 is 9.84 Å². The number of likely N-dealkylation sites (tertiary alicyclic amines) is 1. The van der Waals surface area contributed by atoms with Crippen LogP contribution in [0.15, 0.2) is 55.0 Å². The molecule has 5 nitrogen and oxygen atoms in total. The fourth-order valence-electron chi connectivity index (χ4n) is 4.03. The number of aliphatic hydroxyl groups excluding tert-OH is 1. The normalized spacial score (nSPS) is 19.9. The van der Waals surface area contributed by atoms with Gasteiger partial charge in [-0.15, -0.1) is 0 Å². The summed E-state index contributed by atoms with van der Waals surface area (Å²) >= 11 is 0. The summed E-state index contributed by atoms with van der Waals surface area (Å²) < 4.78 is 6.05. The van der Waals surface area contributed by atoms with E-state index in [9.17, 15) is 5.11 Å².